The van der Waals surface area contributed by atoms with Gasteiger partial charge in [0.2, 0.25) is 15.9 Å². The number of amides is 1. The maximum atomic E-state index is 12.0. The van der Waals surface area contributed by atoms with Crippen LogP contribution in [0.15, 0.2) is 23.1 Å². The fourth-order valence-electron chi connectivity index (χ4n) is 2.04. The molecule has 0 spiro atoms. The highest BCUT2D eigenvalue weighted by Gasteiger charge is 2.22. The maximum Gasteiger partial charge on any atom is 0.242 e. The molecule has 8 heteroatoms. The van der Waals surface area contributed by atoms with E-state index in [1.807, 2.05) is 4.90 Å². The maximum absolute atomic E-state index is 12.0. The molecule has 20 heavy (non-hydrogen) atoms. The largest absolute Gasteiger partial charge is 0.397 e. The highest BCUT2D eigenvalue weighted by Crippen LogP contribution is 2.27. The smallest absolute Gasteiger partial charge is 0.242 e. The number of benzene rings is 1. The van der Waals surface area contributed by atoms with E-state index < -0.39 is 10.0 Å². The molecule has 1 heterocycles. The molecule has 0 saturated carbocycles. The molecule has 0 aliphatic carbocycles. The lowest BCUT2D eigenvalue weighted by Gasteiger charge is -2.29. The van der Waals surface area contributed by atoms with Crippen molar-refractivity contribution >= 4 is 27.3 Å². The molecule has 1 aliphatic heterocycles. The summed E-state index contributed by atoms with van der Waals surface area (Å²) >= 11 is 0. The van der Waals surface area contributed by atoms with Gasteiger partial charge in [-0.15, -0.1) is 0 Å². The van der Waals surface area contributed by atoms with Crippen molar-refractivity contribution in [3.05, 3.63) is 18.2 Å². The Morgan fingerprint density at radius 3 is 2.60 bits per heavy atom. The highest BCUT2D eigenvalue weighted by atomic mass is 32.2. The van der Waals surface area contributed by atoms with E-state index in [2.05, 4.69) is 5.32 Å². The van der Waals surface area contributed by atoms with Gasteiger partial charge in [0.15, 0.2) is 0 Å². The zero-order valence-electron chi connectivity index (χ0n) is 11.5. The molecule has 1 amide bonds. The van der Waals surface area contributed by atoms with Crippen molar-refractivity contribution < 1.29 is 13.2 Å². The summed E-state index contributed by atoms with van der Waals surface area (Å²) in [6, 6.07) is 4.58. The van der Waals surface area contributed by atoms with E-state index >= 15 is 0 Å². The monoisotopic (exact) mass is 298 g/mol. The first-order valence-corrected chi connectivity index (χ1v) is 7.60. The topological polar surface area (TPSA) is 95.7 Å². The molecule has 110 valence electrons. The van der Waals surface area contributed by atoms with Gasteiger partial charge >= 0.3 is 0 Å². The number of anilines is 2. The van der Waals surface area contributed by atoms with Crippen LogP contribution < -0.4 is 16.0 Å². The molecule has 7 nitrogen and oxygen atoms in total. The summed E-state index contributed by atoms with van der Waals surface area (Å²) in [5.74, 6) is -0.0689. The van der Waals surface area contributed by atoms with Crippen molar-refractivity contribution in [2.75, 3.05) is 44.4 Å². The number of hydrogen-bond donors (Lipinski definition) is 2. The molecule has 1 saturated heterocycles. The van der Waals surface area contributed by atoms with E-state index in [1.165, 1.54) is 26.2 Å². The Labute approximate surface area is 118 Å². The van der Waals surface area contributed by atoms with Crippen LogP contribution in [0.5, 0.6) is 0 Å². The molecular weight excluding hydrogens is 280 g/mol. The number of rotatable bonds is 3. The van der Waals surface area contributed by atoms with E-state index in [4.69, 9.17) is 5.73 Å². The number of carbonyl (C=O) groups excluding carboxylic acids is 1. The zero-order chi connectivity index (χ0) is 14.9. The fourth-order valence-corrected chi connectivity index (χ4v) is 2.97. The number of nitrogens with two attached hydrogens (primary N) is 1. The highest BCUT2D eigenvalue weighted by molar-refractivity contribution is 7.89. The van der Waals surface area contributed by atoms with Crippen molar-refractivity contribution in [3.63, 3.8) is 0 Å². The summed E-state index contributed by atoms with van der Waals surface area (Å²) in [4.78, 5) is 13.4. The van der Waals surface area contributed by atoms with Crippen molar-refractivity contribution in [1.29, 1.82) is 0 Å². The molecule has 0 unspecified atom stereocenters. The normalized spacial score (nSPS) is 16.4. The number of nitrogen functional groups attached to an aromatic ring is 1. The Morgan fingerprint density at radius 1 is 1.35 bits per heavy atom. The second-order valence-electron chi connectivity index (χ2n) is 4.78. The molecule has 1 aromatic carbocycles. The fraction of sp³-hybridized carbons (Fsp3) is 0.417. The third-order valence-electron chi connectivity index (χ3n) is 3.16. The summed E-state index contributed by atoms with van der Waals surface area (Å²) < 4.78 is 25.2. The quantitative estimate of drug-likeness (QED) is 0.730. The van der Waals surface area contributed by atoms with Crippen LogP contribution >= 0.6 is 0 Å². The summed E-state index contributed by atoms with van der Waals surface area (Å²) in [7, 11) is -0.569. The van der Waals surface area contributed by atoms with Gasteiger partial charge in [-0.1, -0.05) is 0 Å². The minimum absolute atomic E-state index is 0.0689. The van der Waals surface area contributed by atoms with Gasteiger partial charge in [-0.2, -0.15) is 0 Å². The van der Waals surface area contributed by atoms with Crippen molar-refractivity contribution in [3.8, 4) is 0 Å². The summed E-state index contributed by atoms with van der Waals surface area (Å²) in [6.07, 6.45) is 0. The van der Waals surface area contributed by atoms with Crippen molar-refractivity contribution in [2.24, 2.45) is 0 Å². The van der Waals surface area contributed by atoms with Crippen LogP contribution in [0.25, 0.3) is 0 Å². The number of nitrogens with one attached hydrogen (secondary N) is 1. The van der Waals surface area contributed by atoms with Gasteiger partial charge in [-0.3, -0.25) is 4.79 Å². The standard InChI is InChI=1S/C12H18N4O3S/c1-15(2)20(18,19)9-3-4-11(10(13)7-9)16-6-5-14-12(17)8-16/h3-4,7H,5-6,8,13H2,1-2H3,(H,14,17). The lowest BCUT2D eigenvalue weighted by Crippen LogP contribution is -2.47. The molecule has 1 aliphatic rings. The van der Waals surface area contributed by atoms with Gasteiger partial charge in [-0.05, 0) is 18.2 Å². The molecule has 0 aromatic heterocycles. The minimum atomic E-state index is -3.50. The van der Waals surface area contributed by atoms with Gasteiger partial charge in [0.05, 0.1) is 22.8 Å². The number of hydrogen-bond acceptors (Lipinski definition) is 5. The van der Waals surface area contributed by atoms with Crippen molar-refractivity contribution in [2.45, 2.75) is 4.90 Å². The SMILES string of the molecule is CN(C)S(=O)(=O)c1ccc(N2CCNC(=O)C2)c(N)c1. The van der Waals surface area contributed by atoms with Crippen molar-refractivity contribution in [1.82, 2.24) is 9.62 Å². The van der Waals surface area contributed by atoms with E-state index in [0.29, 0.717) is 24.5 Å². The number of sulfonamides is 1. The molecule has 0 radical (unpaired) electrons. The molecule has 0 atom stereocenters. The van der Waals surface area contributed by atoms with Gasteiger partial charge in [0, 0.05) is 27.2 Å². The first-order valence-electron chi connectivity index (χ1n) is 6.16. The Kier molecular flexibility index (Phi) is 3.87. The molecule has 0 bridgehead atoms. The third kappa shape index (κ3) is 2.70. The second kappa shape index (κ2) is 5.29. The molecule has 1 aromatic rings. The number of nitrogens with zero attached hydrogens (tertiary/aromatic N) is 2. The second-order valence-corrected chi connectivity index (χ2v) is 6.93. The lowest BCUT2D eigenvalue weighted by molar-refractivity contribution is -0.120. The van der Waals surface area contributed by atoms with Crippen LogP contribution in [-0.4, -0.2) is 52.4 Å². The molecule has 2 rings (SSSR count). The van der Waals surface area contributed by atoms with Gasteiger partial charge in [0.1, 0.15) is 0 Å². The van der Waals surface area contributed by atoms with Crippen LogP contribution in [0.4, 0.5) is 11.4 Å². The minimum Gasteiger partial charge on any atom is -0.397 e. The average Bonchev–Trinajstić information content (AvgIpc) is 2.38. The lowest BCUT2D eigenvalue weighted by atomic mass is 10.2. The van der Waals surface area contributed by atoms with Crippen LogP contribution in [0.1, 0.15) is 0 Å². The number of carbonyl (C=O) groups is 1. The van der Waals surface area contributed by atoms with E-state index in [0.717, 1.165) is 4.31 Å². The van der Waals surface area contributed by atoms with Crippen LogP contribution in [-0.2, 0) is 14.8 Å². The third-order valence-corrected chi connectivity index (χ3v) is 4.97. The Morgan fingerprint density at radius 2 is 2.05 bits per heavy atom. The zero-order valence-corrected chi connectivity index (χ0v) is 12.3. The predicted molar refractivity (Wildman–Crippen MR) is 76.9 cm³/mol. The van der Waals surface area contributed by atoms with Gasteiger partial charge in [-0.25, -0.2) is 12.7 Å². The van der Waals surface area contributed by atoms with E-state index in [-0.39, 0.29) is 17.3 Å². The Balaban J connectivity index is 2.33. The summed E-state index contributed by atoms with van der Waals surface area (Å²) in [5, 5.41) is 2.73. The van der Waals surface area contributed by atoms with Gasteiger partial charge in [0.25, 0.3) is 0 Å². The Hall–Kier alpha value is -1.80. The number of piperazine rings is 1. The molecule has 1 fully saturated rings. The van der Waals surface area contributed by atoms with E-state index in [1.54, 1.807) is 6.07 Å². The predicted octanol–water partition coefficient (Wildman–Crippen LogP) is -0.545. The molecular formula is C12H18N4O3S. The molecule has 3 N–H and O–H groups in total. The van der Waals surface area contributed by atoms with Gasteiger partial charge < -0.3 is 16.0 Å². The van der Waals surface area contributed by atoms with E-state index in [9.17, 15) is 13.2 Å². The summed E-state index contributed by atoms with van der Waals surface area (Å²) in [5.41, 5.74) is 6.97. The summed E-state index contributed by atoms with van der Waals surface area (Å²) in [6.45, 7) is 1.43. The average molecular weight is 298 g/mol. The first kappa shape index (κ1) is 14.6. The Bertz CT molecular complexity index is 628. The van der Waals surface area contributed by atoms with Crippen LogP contribution in [0.3, 0.4) is 0 Å². The van der Waals surface area contributed by atoms with Crippen LogP contribution in [0.2, 0.25) is 0 Å². The first-order chi connectivity index (χ1) is 9.32. The van der Waals surface area contributed by atoms with Crippen LogP contribution in [0, 0.1) is 0 Å².